The van der Waals surface area contributed by atoms with Crippen LogP contribution in [0.5, 0.6) is 23.0 Å². The molecule has 0 aliphatic carbocycles. The van der Waals surface area contributed by atoms with E-state index >= 15 is 0 Å². The molecule has 0 saturated heterocycles. The van der Waals surface area contributed by atoms with Gasteiger partial charge in [0.1, 0.15) is 11.4 Å². The van der Waals surface area contributed by atoms with Gasteiger partial charge in [-0.25, -0.2) is 4.79 Å². The summed E-state index contributed by atoms with van der Waals surface area (Å²) in [4.78, 5) is 27.2. The number of nitrogens with zero attached hydrogens (tertiary/aromatic N) is 1. The minimum atomic E-state index is -0.703. The van der Waals surface area contributed by atoms with Crippen molar-refractivity contribution in [2.75, 3.05) is 41.3 Å². The highest BCUT2D eigenvalue weighted by Crippen LogP contribution is 2.44. The molecule has 2 N–H and O–H groups in total. The Hall–Kier alpha value is -4.37. The standard InChI is InChI=1S/C27H26N2O7.ClH/c1-32-18-10-11-19-20(14-18)26(30)29(17-8-6-16(28)7-9-17)24(27(31)36-5)23(19)15-12-21(33-2)25(35-4)22(13-15)34-3;/h6-14H,28H2,1-5H3;1H. The number of nitrogen functional groups attached to an aromatic ring is 1. The Labute approximate surface area is 219 Å². The summed E-state index contributed by atoms with van der Waals surface area (Å²) in [5.74, 6) is 0.945. The van der Waals surface area contributed by atoms with Crippen molar-refractivity contribution in [3.8, 4) is 39.8 Å². The lowest BCUT2D eigenvalue weighted by molar-refractivity contribution is 0.0591. The van der Waals surface area contributed by atoms with Gasteiger partial charge in [0, 0.05) is 16.9 Å². The highest BCUT2D eigenvalue weighted by Gasteiger charge is 2.27. The fourth-order valence-electron chi connectivity index (χ4n) is 4.18. The van der Waals surface area contributed by atoms with Crippen LogP contribution < -0.4 is 30.2 Å². The van der Waals surface area contributed by atoms with Crippen LogP contribution in [0.15, 0.2) is 59.4 Å². The van der Waals surface area contributed by atoms with Gasteiger partial charge in [0.25, 0.3) is 5.56 Å². The third kappa shape index (κ3) is 4.73. The van der Waals surface area contributed by atoms with Crippen LogP contribution in [0.3, 0.4) is 0 Å². The molecule has 10 heteroatoms. The number of benzene rings is 3. The molecule has 194 valence electrons. The van der Waals surface area contributed by atoms with Gasteiger partial charge in [0.2, 0.25) is 5.75 Å². The first-order chi connectivity index (χ1) is 17.4. The second kappa shape index (κ2) is 11.1. The first-order valence-electron chi connectivity index (χ1n) is 10.9. The molecule has 0 aliphatic heterocycles. The largest absolute Gasteiger partial charge is 0.497 e. The molecule has 1 heterocycles. The van der Waals surface area contributed by atoms with E-state index in [1.165, 1.54) is 40.1 Å². The number of carbonyl (C=O) groups excluding carboxylic acids is 1. The van der Waals surface area contributed by atoms with Gasteiger partial charge in [0.15, 0.2) is 11.5 Å². The van der Waals surface area contributed by atoms with E-state index in [1.54, 1.807) is 54.6 Å². The van der Waals surface area contributed by atoms with Gasteiger partial charge in [-0.1, -0.05) is 0 Å². The molecule has 0 unspecified atom stereocenters. The predicted octanol–water partition coefficient (Wildman–Crippen LogP) is 4.48. The number of esters is 1. The van der Waals surface area contributed by atoms with Gasteiger partial charge in [-0.3, -0.25) is 9.36 Å². The van der Waals surface area contributed by atoms with Crippen LogP contribution in [-0.4, -0.2) is 46.1 Å². The molecule has 9 nitrogen and oxygen atoms in total. The molecule has 0 bridgehead atoms. The smallest absolute Gasteiger partial charge is 0.355 e. The predicted molar refractivity (Wildman–Crippen MR) is 144 cm³/mol. The van der Waals surface area contributed by atoms with E-state index in [2.05, 4.69) is 0 Å². The van der Waals surface area contributed by atoms with Gasteiger partial charge in [-0.2, -0.15) is 0 Å². The molecule has 0 saturated carbocycles. The maximum atomic E-state index is 13.9. The van der Waals surface area contributed by atoms with Crippen molar-refractivity contribution >= 4 is 34.8 Å². The second-order valence-electron chi connectivity index (χ2n) is 7.77. The van der Waals surface area contributed by atoms with Crippen LogP contribution >= 0.6 is 12.4 Å². The molecule has 4 aromatic rings. The lowest BCUT2D eigenvalue weighted by atomic mass is 9.95. The number of hydrogen-bond acceptors (Lipinski definition) is 8. The molecule has 1 aromatic heterocycles. The van der Waals surface area contributed by atoms with Gasteiger partial charge >= 0.3 is 5.97 Å². The summed E-state index contributed by atoms with van der Waals surface area (Å²) in [6, 6.07) is 15.1. The lowest BCUT2D eigenvalue weighted by Gasteiger charge is -2.21. The van der Waals surface area contributed by atoms with Crippen LogP contribution in [0.25, 0.3) is 27.6 Å². The zero-order valence-corrected chi connectivity index (χ0v) is 21.8. The van der Waals surface area contributed by atoms with Crippen LogP contribution in [0, 0.1) is 0 Å². The number of hydrogen-bond donors (Lipinski definition) is 1. The quantitative estimate of drug-likeness (QED) is 0.277. The minimum Gasteiger partial charge on any atom is -0.497 e. The zero-order chi connectivity index (χ0) is 26.0. The molecule has 0 fully saturated rings. The van der Waals surface area contributed by atoms with Crippen molar-refractivity contribution in [3.05, 3.63) is 70.6 Å². The van der Waals surface area contributed by atoms with E-state index in [0.717, 1.165) is 0 Å². The van der Waals surface area contributed by atoms with Crippen LogP contribution in [0.1, 0.15) is 10.5 Å². The van der Waals surface area contributed by atoms with Crippen molar-refractivity contribution in [1.82, 2.24) is 4.57 Å². The van der Waals surface area contributed by atoms with Crippen molar-refractivity contribution in [1.29, 1.82) is 0 Å². The summed E-state index contributed by atoms with van der Waals surface area (Å²) >= 11 is 0. The molecule has 4 rings (SSSR count). The molecular weight excluding hydrogens is 500 g/mol. The number of pyridine rings is 1. The van der Waals surface area contributed by atoms with E-state index in [-0.39, 0.29) is 18.1 Å². The molecular formula is C27H27ClN2O7. The number of fused-ring (bicyclic) bond motifs is 1. The van der Waals surface area contributed by atoms with E-state index in [4.69, 9.17) is 29.4 Å². The van der Waals surface area contributed by atoms with E-state index in [9.17, 15) is 9.59 Å². The summed E-state index contributed by atoms with van der Waals surface area (Å²) in [5.41, 5.74) is 7.41. The summed E-state index contributed by atoms with van der Waals surface area (Å²) in [5, 5.41) is 0.852. The Balaban J connectivity index is 0.00000380. The Kier molecular flexibility index (Phi) is 8.19. The Morgan fingerprint density at radius 3 is 1.92 bits per heavy atom. The molecule has 0 aliphatic rings. The van der Waals surface area contributed by atoms with Crippen LogP contribution in [0.2, 0.25) is 0 Å². The van der Waals surface area contributed by atoms with Gasteiger partial charge < -0.3 is 29.4 Å². The third-order valence-electron chi connectivity index (χ3n) is 5.87. The summed E-state index contributed by atoms with van der Waals surface area (Å²) in [6.45, 7) is 0. The van der Waals surface area contributed by atoms with Crippen LogP contribution in [-0.2, 0) is 4.74 Å². The normalized spacial score (nSPS) is 10.4. The first-order valence-corrected chi connectivity index (χ1v) is 10.9. The second-order valence-corrected chi connectivity index (χ2v) is 7.77. The third-order valence-corrected chi connectivity index (χ3v) is 5.87. The summed E-state index contributed by atoms with van der Waals surface area (Å²) in [6.07, 6.45) is 0. The van der Waals surface area contributed by atoms with Gasteiger partial charge in [-0.15, -0.1) is 12.4 Å². The number of aromatic nitrogens is 1. The first kappa shape index (κ1) is 27.2. The van der Waals surface area contributed by atoms with E-state index < -0.39 is 11.5 Å². The monoisotopic (exact) mass is 526 g/mol. The molecule has 37 heavy (non-hydrogen) atoms. The number of halogens is 1. The Morgan fingerprint density at radius 1 is 0.784 bits per heavy atom. The van der Waals surface area contributed by atoms with E-state index in [0.29, 0.717) is 56.3 Å². The number of nitrogens with two attached hydrogens (primary N) is 1. The highest BCUT2D eigenvalue weighted by molar-refractivity contribution is 6.07. The SMILES string of the molecule is COC(=O)c1c(-c2cc(OC)c(OC)c(OC)c2)c2ccc(OC)cc2c(=O)n1-c1ccc(N)cc1.Cl. The molecule has 0 radical (unpaired) electrons. The Bertz CT molecular complexity index is 1490. The number of rotatable bonds is 7. The average Bonchev–Trinajstić information content (AvgIpc) is 2.91. The molecule has 0 spiro atoms. The minimum absolute atomic E-state index is 0. The fraction of sp³-hybridized carbons (Fsp3) is 0.185. The molecule has 0 atom stereocenters. The Morgan fingerprint density at radius 2 is 1.41 bits per heavy atom. The highest BCUT2D eigenvalue weighted by atomic mass is 35.5. The number of ether oxygens (including phenoxy) is 5. The van der Waals surface area contributed by atoms with Gasteiger partial charge in [0.05, 0.1) is 40.9 Å². The van der Waals surface area contributed by atoms with Crippen molar-refractivity contribution in [2.24, 2.45) is 0 Å². The number of carbonyl (C=O) groups is 1. The number of anilines is 1. The van der Waals surface area contributed by atoms with Crippen molar-refractivity contribution in [2.45, 2.75) is 0 Å². The maximum absolute atomic E-state index is 13.9. The fourth-order valence-corrected chi connectivity index (χ4v) is 4.18. The zero-order valence-electron chi connectivity index (χ0n) is 21.0. The molecule has 3 aromatic carbocycles. The lowest BCUT2D eigenvalue weighted by Crippen LogP contribution is -2.27. The van der Waals surface area contributed by atoms with Crippen LogP contribution in [0.4, 0.5) is 5.69 Å². The van der Waals surface area contributed by atoms with Gasteiger partial charge in [-0.05, 0) is 65.5 Å². The average molecular weight is 527 g/mol. The summed E-state index contributed by atoms with van der Waals surface area (Å²) in [7, 11) is 7.28. The van der Waals surface area contributed by atoms with Crippen molar-refractivity contribution in [3.63, 3.8) is 0 Å². The summed E-state index contributed by atoms with van der Waals surface area (Å²) < 4.78 is 28.4. The molecule has 0 amide bonds. The van der Waals surface area contributed by atoms with Crippen molar-refractivity contribution < 1.29 is 28.5 Å². The maximum Gasteiger partial charge on any atom is 0.355 e. The number of methoxy groups -OCH3 is 5. The topological polar surface area (TPSA) is 111 Å². The van der Waals surface area contributed by atoms with E-state index in [1.807, 2.05) is 0 Å².